The standard InChI is InChI=1S/C16H17FN4O2/c17-16(6-7-21(8-16)14(23)9-4-5-9)15-19-11-3-1-2-10(13(18)22)12(11)20-15/h1-3,9H,4-8H2,(H2,18,22)(H,19,20). The van der Waals surface area contributed by atoms with Crippen LogP contribution in [-0.4, -0.2) is 39.8 Å². The Balaban J connectivity index is 1.67. The molecular weight excluding hydrogens is 299 g/mol. The maximum absolute atomic E-state index is 15.3. The molecule has 3 N–H and O–H groups in total. The molecule has 1 atom stereocenters. The smallest absolute Gasteiger partial charge is 0.250 e. The van der Waals surface area contributed by atoms with Crippen molar-refractivity contribution in [3.8, 4) is 0 Å². The van der Waals surface area contributed by atoms with E-state index < -0.39 is 11.6 Å². The van der Waals surface area contributed by atoms with Crippen molar-refractivity contribution in [3.63, 3.8) is 0 Å². The van der Waals surface area contributed by atoms with Gasteiger partial charge in [-0.25, -0.2) is 9.37 Å². The van der Waals surface area contributed by atoms with Gasteiger partial charge in [-0.05, 0) is 25.0 Å². The number of nitrogens with one attached hydrogen (secondary N) is 1. The number of benzene rings is 1. The molecule has 1 aliphatic heterocycles. The zero-order chi connectivity index (χ0) is 16.2. The summed E-state index contributed by atoms with van der Waals surface area (Å²) in [6.45, 7) is 0.402. The van der Waals surface area contributed by atoms with Crippen molar-refractivity contribution in [3.05, 3.63) is 29.6 Å². The number of nitrogens with two attached hydrogens (primary N) is 1. The summed E-state index contributed by atoms with van der Waals surface area (Å²) in [5, 5.41) is 0. The van der Waals surface area contributed by atoms with Gasteiger partial charge in [-0.1, -0.05) is 6.07 Å². The fourth-order valence-electron chi connectivity index (χ4n) is 3.19. The van der Waals surface area contributed by atoms with Crippen molar-refractivity contribution in [2.24, 2.45) is 11.7 Å². The molecular formula is C16H17FN4O2. The van der Waals surface area contributed by atoms with Crippen LogP contribution < -0.4 is 5.73 Å². The number of aromatic amines is 1. The molecule has 23 heavy (non-hydrogen) atoms. The zero-order valence-electron chi connectivity index (χ0n) is 12.5. The van der Waals surface area contributed by atoms with Crippen molar-refractivity contribution in [1.82, 2.24) is 14.9 Å². The van der Waals surface area contributed by atoms with E-state index >= 15 is 4.39 Å². The van der Waals surface area contributed by atoms with E-state index in [0.29, 0.717) is 17.6 Å². The number of imidazole rings is 1. The maximum Gasteiger partial charge on any atom is 0.250 e. The van der Waals surface area contributed by atoms with Gasteiger partial charge >= 0.3 is 0 Å². The molecule has 1 saturated carbocycles. The monoisotopic (exact) mass is 316 g/mol. The molecule has 2 heterocycles. The van der Waals surface area contributed by atoms with Crippen molar-refractivity contribution < 1.29 is 14.0 Å². The van der Waals surface area contributed by atoms with E-state index in [-0.39, 0.29) is 36.2 Å². The van der Waals surface area contributed by atoms with E-state index in [9.17, 15) is 9.59 Å². The number of amides is 2. The Morgan fingerprint density at radius 2 is 2.17 bits per heavy atom. The fraction of sp³-hybridized carbons (Fsp3) is 0.438. The van der Waals surface area contributed by atoms with Gasteiger partial charge in [0, 0.05) is 18.9 Å². The predicted molar refractivity (Wildman–Crippen MR) is 81.3 cm³/mol. The number of hydrogen-bond acceptors (Lipinski definition) is 3. The highest BCUT2D eigenvalue weighted by Gasteiger charge is 2.46. The minimum absolute atomic E-state index is 0.00800. The van der Waals surface area contributed by atoms with E-state index in [1.54, 1.807) is 23.1 Å². The lowest BCUT2D eigenvalue weighted by atomic mass is 10.1. The lowest BCUT2D eigenvalue weighted by molar-refractivity contribution is -0.132. The number of carbonyl (C=O) groups excluding carboxylic acids is 2. The Morgan fingerprint density at radius 3 is 2.87 bits per heavy atom. The Hall–Kier alpha value is -2.44. The number of primary amides is 1. The molecule has 1 aromatic carbocycles. The third-order valence-electron chi connectivity index (χ3n) is 4.66. The first-order valence-electron chi connectivity index (χ1n) is 7.75. The molecule has 1 saturated heterocycles. The highest BCUT2D eigenvalue weighted by Crippen LogP contribution is 2.39. The van der Waals surface area contributed by atoms with Gasteiger partial charge < -0.3 is 15.6 Å². The summed E-state index contributed by atoms with van der Waals surface area (Å²) in [5.41, 5.74) is 4.83. The minimum atomic E-state index is -1.71. The molecule has 1 aliphatic carbocycles. The van der Waals surface area contributed by atoms with Gasteiger partial charge in [0.05, 0.1) is 17.6 Å². The van der Waals surface area contributed by atoms with Crippen LogP contribution in [0.2, 0.25) is 0 Å². The molecule has 1 aromatic heterocycles. The summed E-state index contributed by atoms with van der Waals surface area (Å²) in [4.78, 5) is 32.4. The Bertz CT molecular complexity index is 814. The molecule has 6 nitrogen and oxygen atoms in total. The third-order valence-corrected chi connectivity index (χ3v) is 4.66. The molecule has 7 heteroatoms. The molecule has 0 bridgehead atoms. The molecule has 0 radical (unpaired) electrons. The number of nitrogens with zero attached hydrogens (tertiary/aromatic N) is 2. The highest BCUT2D eigenvalue weighted by atomic mass is 19.1. The van der Waals surface area contributed by atoms with Crippen LogP contribution in [0.4, 0.5) is 4.39 Å². The quantitative estimate of drug-likeness (QED) is 0.898. The molecule has 1 unspecified atom stereocenters. The van der Waals surface area contributed by atoms with Crippen LogP contribution >= 0.6 is 0 Å². The fourth-order valence-corrected chi connectivity index (χ4v) is 3.19. The van der Waals surface area contributed by atoms with E-state index in [0.717, 1.165) is 12.8 Å². The van der Waals surface area contributed by atoms with Crippen molar-refractivity contribution >= 4 is 22.8 Å². The SMILES string of the molecule is NC(=O)c1cccc2[nH]c(C3(F)CCN(C(=O)C4CC4)C3)nc12. The molecule has 120 valence electrons. The number of hydrogen-bond donors (Lipinski definition) is 2. The third kappa shape index (κ3) is 2.27. The number of rotatable bonds is 3. The molecule has 2 aromatic rings. The normalized spacial score (nSPS) is 24.3. The number of likely N-dealkylation sites (tertiary alicyclic amines) is 1. The Morgan fingerprint density at radius 1 is 1.39 bits per heavy atom. The molecule has 4 rings (SSSR count). The van der Waals surface area contributed by atoms with Gasteiger partial charge in [-0.15, -0.1) is 0 Å². The number of alkyl halides is 1. The van der Waals surface area contributed by atoms with E-state index in [1.165, 1.54) is 0 Å². The van der Waals surface area contributed by atoms with Crippen LogP contribution in [0.25, 0.3) is 11.0 Å². The zero-order valence-corrected chi connectivity index (χ0v) is 12.5. The number of carbonyl (C=O) groups is 2. The van der Waals surface area contributed by atoms with Gasteiger partial charge in [0.2, 0.25) is 5.91 Å². The molecule has 2 fully saturated rings. The summed E-state index contributed by atoms with van der Waals surface area (Å²) >= 11 is 0. The maximum atomic E-state index is 15.3. The Kier molecular flexibility index (Phi) is 2.94. The largest absolute Gasteiger partial charge is 0.366 e. The van der Waals surface area contributed by atoms with Crippen molar-refractivity contribution in [1.29, 1.82) is 0 Å². The van der Waals surface area contributed by atoms with Crippen LogP contribution in [0, 0.1) is 5.92 Å². The first-order valence-corrected chi connectivity index (χ1v) is 7.75. The number of aromatic nitrogens is 2. The van der Waals surface area contributed by atoms with Crippen LogP contribution in [0.5, 0.6) is 0 Å². The summed E-state index contributed by atoms with van der Waals surface area (Å²) in [6.07, 6.45) is 2.01. The first kappa shape index (κ1) is 14.2. The van der Waals surface area contributed by atoms with E-state index in [4.69, 9.17) is 5.73 Å². The number of halogens is 1. The molecule has 2 amide bonds. The van der Waals surface area contributed by atoms with Crippen LogP contribution in [-0.2, 0) is 10.5 Å². The second-order valence-corrected chi connectivity index (χ2v) is 6.40. The Labute approximate surface area is 131 Å². The van der Waals surface area contributed by atoms with Gasteiger partial charge in [0.25, 0.3) is 5.91 Å². The summed E-state index contributed by atoms with van der Waals surface area (Å²) in [5.74, 6) is -0.321. The molecule has 0 spiro atoms. The predicted octanol–water partition coefficient (Wildman–Crippen LogP) is 1.47. The average Bonchev–Trinajstić information content (AvgIpc) is 3.14. The van der Waals surface area contributed by atoms with E-state index in [2.05, 4.69) is 9.97 Å². The lowest BCUT2D eigenvalue weighted by Crippen LogP contribution is -2.33. The minimum Gasteiger partial charge on any atom is -0.366 e. The van der Waals surface area contributed by atoms with Crippen LogP contribution in [0.3, 0.4) is 0 Å². The van der Waals surface area contributed by atoms with Crippen molar-refractivity contribution in [2.45, 2.75) is 24.9 Å². The van der Waals surface area contributed by atoms with E-state index in [1.807, 2.05) is 0 Å². The topological polar surface area (TPSA) is 92.1 Å². The average molecular weight is 316 g/mol. The van der Waals surface area contributed by atoms with Gasteiger partial charge in [0.15, 0.2) is 5.67 Å². The summed E-state index contributed by atoms with van der Waals surface area (Å²) in [7, 11) is 0. The summed E-state index contributed by atoms with van der Waals surface area (Å²) in [6, 6.07) is 4.97. The van der Waals surface area contributed by atoms with Crippen LogP contribution in [0.15, 0.2) is 18.2 Å². The first-order chi connectivity index (χ1) is 11.0. The summed E-state index contributed by atoms with van der Waals surface area (Å²) < 4.78 is 15.3. The number of H-pyrrole nitrogens is 1. The van der Waals surface area contributed by atoms with Gasteiger partial charge in [-0.3, -0.25) is 9.59 Å². The number of fused-ring (bicyclic) bond motifs is 1. The second kappa shape index (κ2) is 4.78. The number of para-hydroxylation sites is 1. The van der Waals surface area contributed by atoms with Crippen molar-refractivity contribution in [2.75, 3.05) is 13.1 Å². The van der Waals surface area contributed by atoms with Gasteiger partial charge in [-0.2, -0.15) is 0 Å². The van der Waals surface area contributed by atoms with Crippen LogP contribution in [0.1, 0.15) is 35.4 Å². The lowest BCUT2D eigenvalue weighted by Gasteiger charge is -2.19. The molecule has 2 aliphatic rings. The highest BCUT2D eigenvalue weighted by molar-refractivity contribution is 6.04. The van der Waals surface area contributed by atoms with Gasteiger partial charge in [0.1, 0.15) is 11.3 Å². The second-order valence-electron chi connectivity index (χ2n) is 6.40.